The Morgan fingerprint density at radius 2 is 1.65 bits per heavy atom. The topological polar surface area (TPSA) is 38.3 Å². The number of nitrogens with one attached hydrogen (secondary N) is 1. The predicted molar refractivity (Wildman–Crippen MR) is 132 cm³/mol. The van der Waals surface area contributed by atoms with E-state index in [-0.39, 0.29) is 11.8 Å². The summed E-state index contributed by atoms with van der Waals surface area (Å²) in [6.45, 7) is 13.1. The zero-order chi connectivity index (χ0) is 23.5. The van der Waals surface area contributed by atoms with E-state index in [2.05, 4.69) is 5.32 Å². The quantitative estimate of drug-likeness (QED) is 0.330. The molecule has 0 spiro atoms. The van der Waals surface area contributed by atoms with Gasteiger partial charge in [-0.1, -0.05) is 76.3 Å². The average Bonchev–Trinajstić information content (AvgIpc) is 2.81. The van der Waals surface area contributed by atoms with Crippen LogP contribution in [0.1, 0.15) is 65.5 Å². The van der Waals surface area contributed by atoms with Gasteiger partial charge >= 0.3 is 5.97 Å². The van der Waals surface area contributed by atoms with Crippen molar-refractivity contribution in [2.24, 2.45) is 0 Å². The summed E-state index contributed by atoms with van der Waals surface area (Å²) in [5, 5.41) is 3.37. The van der Waals surface area contributed by atoms with E-state index in [9.17, 15) is 9.18 Å². The monoisotopic (exact) mass is 427 g/mol. The Bertz CT molecular complexity index is 795. The summed E-state index contributed by atoms with van der Waals surface area (Å²) in [5.41, 5.74) is 3.98. The first kappa shape index (κ1) is 28.1. The highest BCUT2D eigenvalue weighted by Crippen LogP contribution is 2.29. The standard InChI is InChI=1S/C23H26FNO2.2C2H6/c1-3-25-22-12-9-8-11-21(22)20(18-14-16-19(24)17-15-18)10-6-5-7-13-23(26)27-4-2;2*1-2/h5-6,8-12,14-17,25H,3-4,7,13H2,1-2H3;2*1-2H3/b6-5+,20-10+;;. The first-order chi connectivity index (χ1) is 15.2. The van der Waals surface area contributed by atoms with E-state index in [4.69, 9.17) is 4.74 Å². The van der Waals surface area contributed by atoms with Crippen LogP contribution < -0.4 is 5.32 Å². The Hall–Kier alpha value is -2.88. The third-order valence-corrected chi connectivity index (χ3v) is 3.96. The number of ether oxygens (including phenoxy) is 1. The lowest BCUT2D eigenvalue weighted by Crippen LogP contribution is -2.02. The maximum Gasteiger partial charge on any atom is 0.306 e. The molecule has 0 unspecified atom stereocenters. The molecular weight excluding hydrogens is 389 g/mol. The van der Waals surface area contributed by atoms with Crippen molar-refractivity contribution in [2.75, 3.05) is 18.5 Å². The maximum absolute atomic E-state index is 13.4. The second-order valence-corrected chi connectivity index (χ2v) is 5.93. The molecule has 0 bridgehead atoms. The van der Waals surface area contributed by atoms with Gasteiger partial charge in [-0.25, -0.2) is 4.39 Å². The lowest BCUT2D eigenvalue weighted by molar-refractivity contribution is -0.143. The molecule has 0 aliphatic heterocycles. The van der Waals surface area contributed by atoms with Gasteiger partial charge < -0.3 is 10.1 Å². The lowest BCUT2D eigenvalue weighted by Gasteiger charge is -2.14. The van der Waals surface area contributed by atoms with Crippen LogP contribution in [0.3, 0.4) is 0 Å². The van der Waals surface area contributed by atoms with Gasteiger partial charge in [0.1, 0.15) is 5.82 Å². The fourth-order valence-electron chi connectivity index (χ4n) is 2.73. The number of para-hydroxylation sites is 1. The lowest BCUT2D eigenvalue weighted by atomic mass is 9.95. The second kappa shape index (κ2) is 17.9. The second-order valence-electron chi connectivity index (χ2n) is 5.93. The Morgan fingerprint density at radius 1 is 1.00 bits per heavy atom. The van der Waals surface area contributed by atoms with Crippen molar-refractivity contribution >= 4 is 17.2 Å². The minimum atomic E-state index is -0.261. The normalized spacial score (nSPS) is 10.5. The third-order valence-electron chi connectivity index (χ3n) is 3.96. The van der Waals surface area contributed by atoms with Crippen LogP contribution in [0.25, 0.3) is 5.57 Å². The van der Waals surface area contributed by atoms with Crippen molar-refractivity contribution in [3.05, 3.63) is 83.7 Å². The summed E-state index contributed by atoms with van der Waals surface area (Å²) in [6, 6.07) is 14.5. The van der Waals surface area contributed by atoms with E-state index in [0.717, 1.165) is 28.9 Å². The number of hydrogen-bond acceptors (Lipinski definition) is 3. The molecule has 0 aromatic heterocycles. The minimum absolute atomic E-state index is 0.192. The molecule has 4 heteroatoms. The number of hydrogen-bond donors (Lipinski definition) is 1. The van der Waals surface area contributed by atoms with Crippen LogP contribution in [0.15, 0.2) is 66.8 Å². The van der Waals surface area contributed by atoms with Crippen molar-refractivity contribution in [3.8, 4) is 0 Å². The predicted octanol–water partition coefficient (Wildman–Crippen LogP) is 7.64. The Kier molecular flexibility index (Phi) is 16.3. The van der Waals surface area contributed by atoms with Gasteiger partial charge in [0.15, 0.2) is 0 Å². The number of rotatable bonds is 9. The number of anilines is 1. The van der Waals surface area contributed by atoms with Crippen LogP contribution in [0.2, 0.25) is 0 Å². The van der Waals surface area contributed by atoms with E-state index in [1.807, 2.05) is 77.1 Å². The minimum Gasteiger partial charge on any atom is -0.466 e. The van der Waals surface area contributed by atoms with Gasteiger partial charge in [-0.2, -0.15) is 0 Å². The molecule has 0 radical (unpaired) electrons. The zero-order valence-electron chi connectivity index (χ0n) is 19.9. The molecule has 0 saturated heterocycles. The van der Waals surface area contributed by atoms with Crippen LogP contribution in [-0.4, -0.2) is 19.1 Å². The fraction of sp³-hybridized carbons (Fsp3) is 0.370. The highest BCUT2D eigenvalue weighted by molar-refractivity contribution is 5.87. The summed E-state index contributed by atoms with van der Waals surface area (Å²) in [7, 11) is 0. The first-order valence-electron chi connectivity index (χ1n) is 11.3. The number of esters is 1. The van der Waals surface area contributed by atoms with Crippen molar-refractivity contribution in [1.82, 2.24) is 0 Å². The maximum atomic E-state index is 13.4. The largest absolute Gasteiger partial charge is 0.466 e. The molecule has 3 nitrogen and oxygen atoms in total. The smallest absolute Gasteiger partial charge is 0.306 e. The van der Waals surface area contributed by atoms with Crippen molar-refractivity contribution in [3.63, 3.8) is 0 Å². The van der Waals surface area contributed by atoms with Crippen LogP contribution in [0.5, 0.6) is 0 Å². The SMILES string of the molecule is CC.CC.CCNc1ccccc1/C(=C/C=C/CCC(=O)OCC)c1ccc(F)cc1. The third kappa shape index (κ3) is 10.6. The summed E-state index contributed by atoms with van der Waals surface area (Å²) >= 11 is 0. The zero-order valence-corrected chi connectivity index (χ0v) is 19.9. The van der Waals surface area contributed by atoms with E-state index >= 15 is 0 Å². The average molecular weight is 428 g/mol. The molecule has 0 aliphatic rings. The van der Waals surface area contributed by atoms with Crippen molar-refractivity contribution in [2.45, 2.75) is 54.4 Å². The molecule has 1 N–H and O–H groups in total. The van der Waals surface area contributed by atoms with E-state index in [0.29, 0.717) is 19.4 Å². The van der Waals surface area contributed by atoms with Gasteiger partial charge in [0, 0.05) is 24.2 Å². The molecular formula is C27H38FNO2. The number of carbonyl (C=O) groups is 1. The molecule has 31 heavy (non-hydrogen) atoms. The molecule has 2 aromatic carbocycles. The summed E-state index contributed by atoms with van der Waals surface area (Å²) in [6.07, 6.45) is 6.84. The van der Waals surface area contributed by atoms with Gasteiger partial charge in [-0.05, 0) is 49.6 Å². The van der Waals surface area contributed by atoms with Gasteiger partial charge in [-0.3, -0.25) is 4.79 Å². The van der Waals surface area contributed by atoms with E-state index in [1.54, 1.807) is 19.1 Å². The van der Waals surface area contributed by atoms with Crippen LogP contribution in [-0.2, 0) is 9.53 Å². The summed E-state index contributed by atoms with van der Waals surface area (Å²) in [4.78, 5) is 11.4. The molecule has 170 valence electrons. The molecule has 0 fully saturated rings. The number of carbonyl (C=O) groups excluding carboxylic acids is 1. The molecule has 0 amide bonds. The van der Waals surface area contributed by atoms with E-state index < -0.39 is 0 Å². The van der Waals surface area contributed by atoms with Crippen LogP contribution in [0.4, 0.5) is 10.1 Å². The van der Waals surface area contributed by atoms with Crippen LogP contribution >= 0.6 is 0 Å². The van der Waals surface area contributed by atoms with Gasteiger partial charge in [0.05, 0.1) is 6.61 Å². The number of halogens is 1. The van der Waals surface area contributed by atoms with Gasteiger partial charge in [0.25, 0.3) is 0 Å². The van der Waals surface area contributed by atoms with E-state index in [1.165, 1.54) is 12.1 Å². The summed E-state index contributed by atoms with van der Waals surface area (Å²) in [5.74, 6) is -0.453. The molecule has 0 heterocycles. The Labute approximate surface area is 188 Å². The molecule has 2 rings (SSSR count). The number of allylic oxidation sites excluding steroid dienone is 3. The van der Waals surface area contributed by atoms with Gasteiger partial charge in [0.2, 0.25) is 0 Å². The Morgan fingerprint density at radius 3 is 2.26 bits per heavy atom. The number of benzene rings is 2. The highest BCUT2D eigenvalue weighted by Gasteiger charge is 2.09. The molecule has 0 aliphatic carbocycles. The molecule has 0 atom stereocenters. The van der Waals surface area contributed by atoms with Crippen LogP contribution in [0, 0.1) is 5.82 Å². The molecule has 2 aromatic rings. The highest BCUT2D eigenvalue weighted by atomic mass is 19.1. The van der Waals surface area contributed by atoms with Crippen molar-refractivity contribution in [1.29, 1.82) is 0 Å². The fourth-order valence-corrected chi connectivity index (χ4v) is 2.73. The van der Waals surface area contributed by atoms with Gasteiger partial charge in [-0.15, -0.1) is 0 Å². The van der Waals surface area contributed by atoms with Crippen molar-refractivity contribution < 1.29 is 13.9 Å². The summed E-state index contributed by atoms with van der Waals surface area (Å²) < 4.78 is 18.3. The molecule has 0 saturated carbocycles. The Balaban J connectivity index is 0.00000212. The first-order valence-corrected chi connectivity index (χ1v) is 11.3.